The van der Waals surface area contributed by atoms with Crippen LogP contribution in [0.5, 0.6) is 0 Å². The van der Waals surface area contributed by atoms with Gasteiger partial charge in [-0.1, -0.05) is 35.9 Å². The average molecular weight is 315 g/mol. The number of sulfonamides is 1. The lowest BCUT2D eigenvalue weighted by atomic mass is 10.2. The van der Waals surface area contributed by atoms with Crippen molar-refractivity contribution < 1.29 is 8.42 Å². The Morgan fingerprint density at radius 1 is 1.14 bits per heavy atom. The Kier molecular flexibility index (Phi) is 3.96. The van der Waals surface area contributed by atoms with E-state index < -0.39 is 10.0 Å². The van der Waals surface area contributed by atoms with Crippen LogP contribution in [0.4, 0.5) is 0 Å². The Labute approximate surface area is 129 Å². The number of hydrogen-bond acceptors (Lipinski definition) is 3. The van der Waals surface area contributed by atoms with Gasteiger partial charge in [0.2, 0.25) is 10.0 Å². The zero-order valence-corrected chi connectivity index (χ0v) is 13.0. The van der Waals surface area contributed by atoms with Crippen LogP contribution in [-0.2, 0) is 22.3 Å². The summed E-state index contributed by atoms with van der Waals surface area (Å²) >= 11 is 0. The number of hydrogen-bond donors (Lipinski definition) is 1. The lowest BCUT2D eigenvalue weighted by Gasteiger charge is -2.06. The lowest BCUT2D eigenvalue weighted by molar-refractivity contribution is 0.580. The van der Waals surface area contributed by atoms with Crippen molar-refractivity contribution >= 4 is 15.5 Å². The molecule has 2 heterocycles. The highest BCUT2D eigenvalue weighted by Crippen LogP contribution is 2.11. The maximum atomic E-state index is 12.2. The summed E-state index contributed by atoms with van der Waals surface area (Å²) in [5.41, 5.74) is 3.65. The van der Waals surface area contributed by atoms with Crippen LogP contribution in [0.25, 0.3) is 5.52 Å². The Morgan fingerprint density at radius 3 is 2.68 bits per heavy atom. The predicted molar refractivity (Wildman–Crippen MR) is 85.8 cm³/mol. The number of benzene rings is 1. The van der Waals surface area contributed by atoms with Crippen LogP contribution in [0.2, 0.25) is 0 Å². The van der Waals surface area contributed by atoms with Crippen LogP contribution in [0.15, 0.2) is 54.9 Å². The first-order valence-corrected chi connectivity index (χ1v) is 8.63. The van der Waals surface area contributed by atoms with E-state index >= 15 is 0 Å². The number of nitrogens with zero attached hydrogens (tertiary/aromatic N) is 2. The Bertz CT molecular complexity index is 883. The minimum atomic E-state index is -3.38. The molecule has 0 aliphatic carbocycles. The maximum absolute atomic E-state index is 12.2. The minimum Gasteiger partial charge on any atom is -0.241 e. The average Bonchev–Trinajstić information content (AvgIpc) is 2.91. The smallest absolute Gasteiger partial charge is 0.216 e. The van der Waals surface area contributed by atoms with Gasteiger partial charge in [-0.05, 0) is 24.6 Å². The molecule has 0 atom stereocenters. The third-order valence-corrected chi connectivity index (χ3v) is 4.76. The summed E-state index contributed by atoms with van der Waals surface area (Å²) in [5, 5.41) is 4.19. The summed E-state index contributed by atoms with van der Waals surface area (Å²) < 4.78 is 28.7. The van der Waals surface area contributed by atoms with E-state index in [1.165, 1.54) is 0 Å². The van der Waals surface area contributed by atoms with Crippen molar-refractivity contribution in [3.05, 3.63) is 71.5 Å². The van der Waals surface area contributed by atoms with E-state index in [4.69, 9.17) is 0 Å². The number of aryl methyl sites for hydroxylation is 1. The summed E-state index contributed by atoms with van der Waals surface area (Å²) in [6.07, 6.45) is 3.52. The number of pyridine rings is 1. The van der Waals surface area contributed by atoms with Crippen LogP contribution in [0.3, 0.4) is 0 Å². The van der Waals surface area contributed by atoms with Crippen LogP contribution >= 0.6 is 0 Å². The van der Waals surface area contributed by atoms with Gasteiger partial charge in [-0.25, -0.2) is 17.7 Å². The Hall–Kier alpha value is -2.18. The molecule has 3 aromatic rings. The number of fused-ring (bicyclic) bond motifs is 1. The third-order valence-electron chi connectivity index (χ3n) is 3.47. The second kappa shape index (κ2) is 5.90. The van der Waals surface area contributed by atoms with Crippen molar-refractivity contribution in [2.24, 2.45) is 0 Å². The molecule has 114 valence electrons. The van der Waals surface area contributed by atoms with E-state index in [-0.39, 0.29) is 12.3 Å². The topological polar surface area (TPSA) is 63.5 Å². The van der Waals surface area contributed by atoms with Gasteiger partial charge < -0.3 is 0 Å². The van der Waals surface area contributed by atoms with Gasteiger partial charge in [0.1, 0.15) is 0 Å². The molecular formula is C16H17N3O2S. The van der Waals surface area contributed by atoms with Crippen molar-refractivity contribution in [3.63, 3.8) is 0 Å². The van der Waals surface area contributed by atoms with E-state index in [1.54, 1.807) is 10.7 Å². The standard InChI is InChI=1S/C16H17N3O2S/c1-13-5-7-14(8-6-13)12-22(20,21)18-11-15-10-17-19-9-3-2-4-16(15)19/h2-10,18H,11-12H2,1H3. The molecule has 0 amide bonds. The summed E-state index contributed by atoms with van der Waals surface area (Å²) in [5.74, 6) is -0.0213. The SMILES string of the molecule is Cc1ccc(CS(=O)(=O)NCc2cnn3ccccc23)cc1. The van der Waals surface area contributed by atoms with Gasteiger partial charge in [-0.3, -0.25) is 0 Å². The first-order chi connectivity index (χ1) is 10.5. The molecule has 0 spiro atoms. The van der Waals surface area contributed by atoms with Crippen molar-refractivity contribution in [2.75, 3.05) is 0 Å². The molecule has 0 saturated heterocycles. The molecule has 6 heteroatoms. The van der Waals surface area contributed by atoms with Gasteiger partial charge in [-0.15, -0.1) is 0 Å². The van der Waals surface area contributed by atoms with Gasteiger partial charge in [0, 0.05) is 18.3 Å². The van der Waals surface area contributed by atoms with E-state index in [0.717, 1.165) is 22.2 Å². The number of aromatic nitrogens is 2. The summed E-state index contributed by atoms with van der Waals surface area (Å²) in [4.78, 5) is 0. The monoisotopic (exact) mass is 315 g/mol. The summed E-state index contributed by atoms with van der Waals surface area (Å²) in [6, 6.07) is 13.2. The van der Waals surface area contributed by atoms with Crippen molar-refractivity contribution in [3.8, 4) is 0 Å². The van der Waals surface area contributed by atoms with Crippen LogP contribution in [0.1, 0.15) is 16.7 Å². The van der Waals surface area contributed by atoms with Crippen LogP contribution in [0, 0.1) is 6.92 Å². The molecule has 0 fully saturated rings. The highest BCUT2D eigenvalue weighted by Gasteiger charge is 2.13. The van der Waals surface area contributed by atoms with Crippen molar-refractivity contribution in [1.82, 2.24) is 14.3 Å². The van der Waals surface area contributed by atoms with Gasteiger partial charge in [0.15, 0.2) is 0 Å². The molecule has 0 bridgehead atoms. The molecular weight excluding hydrogens is 298 g/mol. The van der Waals surface area contributed by atoms with E-state index in [9.17, 15) is 8.42 Å². The molecule has 2 aromatic heterocycles. The fourth-order valence-electron chi connectivity index (χ4n) is 2.27. The molecule has 3 rings (SSSR count). The maximum Gasteiger partial charge on any atom is 0.216 e. The second-order valence-electron chi connectivity index (χ2n) is 5.27. The van der Waals surface area contributed by atoms with Gasteiger partial charge in [-0.2, -0.15) is 5.10 Å². The fourth-order valence-corrected chi connectivity index (χ4v) is 3.37. The van der Waals surface area contributed by atoms with E-state index in [1.807, 2.05) is 55.6 Å². The summed E-state index contributed by atoms with van der Waals surface area (Å²) in [7, 11) is -3.38. The second-order valence-corrected chi connectivity index (χ2v) is 7.07. The van der Waals surface area contributed by atoms with E-state index in [2.05, 4.69) is 9.82 Å². The Morgan fingerprint density at radius 2 is 1.91 bits per heavy atom. The number of rotatable bonds is 5. The molecule has 0 radical (unpaired) electrons. The minimum absolute atomic E-state index is 0.0213. The molecule has 22 heavy (non-hydrogen) atoms. The summed E-state index contributed by atoms with van der Waals surface area (Å²) in [6.45, 7) is 2.21. The van der Waals surface area contributed by atoms with Crippen molar-refractivity contribution in [1.29, 1.82) is 0 Å². The molecule has 0 aliphatic heterocycles. The number of nitrogens with one attached hydrogen (secondary N) is 1. The normalized spacial score (nSPS) is 11.9. The van der Waals surface area contributed by atoms with Crippen molar-refractivity contribution in [2.45, 2.75) is 19.2 Å². The zero-order chi connectivity index (χ0) is 15.6. The first kappa shape index (κ1) is 14.7. The molecule has 0 unspecified atom stereocenters. The molecule has 1 aromatic carbocycles. The Balaban J connectivity index is 1.71. The largest absolute Gasteiger partial charge is 0.241 e. The highest BCUT2D eigenvalue weighted by atomic mass is 32.2. The first-order valence-electron chi connectivity index (χ1n) is 6.98. The molecule has 1 N–H and O–H groups in total. The molecule has 5 nitrogen and oxygen atoms in total. The predicted octanol–water partition coefficient (Wildman–Crippen LogP) is 2.26. The fraction of sp³-hybridized carbons (Fsp3) is 0.188. The molecule has 0 aliphatic rings. The quantitative estimate of drug-likeness (QED) is 0.785. The zero-order valence-electron chi connectivity index (χ0n) is 12.2. The molecule has 0 saturated carbocycles. The van der Waals surface area contributed by atoms with Crippen LogP contribution in [-0.4, -0.2) is 18.0 Å². The van der Waals surface area contributed by atoms with Gasteiger partial charge in [0.05, 0.1) is 17.5 Å². The van der Waals surface area contributed by atoms with Gasteiger partial charge in [0.25, 0.3) is 0 Å². The van der Waals surface area contributed by atoms with Gasteiger partial charge >= 0.3 is 0 Å². The third kappa shape index (κ3) is 3.35. The van der Waals surface area contributed by atoms with Crippen LogP contribution < -0.4 is 4.72 Å². The highest BCUT2D eigenvalue weighted by molar-refractivity contribution is 7.88. The lowest BCUT2D eigenvalue weighted by Crippen LogP contribution is -2.24. The van der Waals surface area contributed by atoms with E-state index in [0.29, 0.717) is 0 Å².